The van der Waals surface area contributed by atoms with Crippen molar-refractivity contribution < 1.29 is 14.5 Å². The number of pyridine rings is 1. The van der Waals surface area contributed by atoms with Gasteiger partial charge in [0.15, 0.2) is 0 Å². The van der Waals surface area contributed by atoms with Gasteiger partial charge in [-0.25, -0.2) is 9.78 Å². The van der Waals surface area contributed by atoms with E-state index in [-0.39, 0.29) is 22.5 Å². The lowest BCUT2D eigenvalue weighted by atomic mass is 10.2. The number of carbonyl (C=O) groups excluding carboxylic acids is 1. The van der Waals surface area contributed by atoms with E-state index in [9.17, 15) is 14.9 Å². The molecular weight excluding hydrogens is 236 g/mol. The molecule has 0 fully saturated rings. The SMILES string of the molecule is CC(C)OC(=O)c1cc([N+](=O)[O-])cnc1Cl. The predicted octanol–water partition coefficient (Wildman–Crippen LogP) is 2.21. The molecule has 16 heavy (non-hydrogen) atoms. The van der Waals surface area contributed by atoms with Gasteiger partial charge in [0.2, 0.25) is 0 Å². The summed E-state index contributed by atoms with van der Waals surface area (Å²) >= 11 is 5.64. The first-order valence-electron chi connectivity index (χ1n) is 4.42. The van der Waals surface area contributed by atoms with Gasteiger partial charge in [0, 0.05) is 6.07 Å². The largest absolute Gasteiger partial charge is 0.459 e. The molecule has 0 atom stereocenters. The van der Waals surface area contributed by atoms with Gasteiger partial charge in [0.25, 0.3) is 5.69 Å². The number of halogens is 1. The van der Waals surface area contributed by atoms with Gasteiger partial charge >= 0.3 is 5.97 Å². The predicted molar refractivity (Wildman–Crippen MR) is 56.5 cm³/mol. The quantitative estimate of drug-likeness (QED) is 0.352. The third kappa shape index (κ3) is 2.90. The summed E-state index contributed by atoms with van der Waals surface area (Å²) in [4.78, 5) is 24.9. The Hall–Kier alpha value is -1.69. The average Bonchev–Trinajstić information content (AvgIpc) is 2.16. The van der Waals surface area contributed by atoms with Crippen molar-refractivity contribution in [2.75, 3.05) is 0 Å². The number of aromatic nitrogens is 1. The van der Waals surface area contributed by atoms with Crippen molar-refractivity contribution in [1.82, 2.24) is 4.98 Å². The maximum absolute atomic E-state index is 11.5. The summed E-state index contributed by atoms with van der Waals surface area (Å²) in [5.74, 6) is -0.726. The van der Waals surface area contributed by atoms with Crippen molar-refractivity contribution in [3.8, 4) is 0 Å². The molecule has 0 saturated heterocycles. The van der Waals surface area contributed by atoms with Gasteiger partial charge in [-0.15, -0.1) is 0 Å². The molecule has 0 aliphatic rings. The zero-order valence-corrected chi connectivity index (χ0v) is 9.39. The molecule has 0 aliphatic carbocycles. The molecule has 7 heteroatoms. The second kappa shape index (κ2) is 4.89. The molecule has 1 rings (SSSR count). The lowest BCUT2D eigenvalue weighted by Gasteiger charge is -2.08. The first-order chi connectivity index (χ1) is 7.41. The molecular formula is C9H9ClN2O4. The van der Waals surface area contributed by atoms with E-state index in [4.69, 9.17) is 16.3 Å². The summed E-state index contributed by atoms with van der Waals surface area (Å²) in [5, 5.41) is 10.4. The molecule has 6 nitrogen and oxygen atoms in total. The monoisotopic (exact) mass is 244 g/mol. The maximum Gasteiger partial charge on any atom is 0.341 e. The number of ether oxygens (including phenoxy) is 1. The number of esters is 1. The topological polar surface area (TPSA) is 82.3 Å². The minimum Gasteiger partial charge on any atom is -0.459 e. The molecule has 86 valence electrons. The highest BCUT2D eigenvalue weighted by Gasteiger charge is 2.18. The van der Waals surface area contributed by atoms with E-state index in [2.05, 4.69) is 4.98 Å². The third-order valence-corrected chi connectivity index (χ3v) is 1.90. The Morgan fingerprint density at radius 3 is 2.75 bits per heavy atom. The maximum atomic E-state index is 11.5. The zero-order chi connectivity index (χ0) is 12.3. The zero-order valence-electron chi connectivity index (χ0n) is 8.64. The van der Waals surface area contributed by atoms with Crippen LogP contribution in [0.15, 0.2) is 12.3 Å². The Kier molecular flexibility index (Phi) is 3.78. The molecule has 0 N–H and O–H groups in total. The number of rotatable bonds is 3. The van der Waals surface area contributed by atoms with Crippen LogP contribution in [0.3, 0.4) is 0 Å². The molecule has 0 spiro atoms. The molecule has 1 aromatic rings. The van der Waals surface area contributed by atoms with Gasteiger partial charge in [0.1, 0.15) is 16.9 Å². The van der Waals surface area contributed by atoms with Crippen molar-refractivity contribution >= 4 is 23.3 Å². The summed E-state index contributed by atoms with van der Waals surface area (Å²) in [7, 11) is 0. The Labute approximate surface area is 96.3 Å². The fraction of sp³-hybridized carbons (Fsp3) is 0.333. The second-order valence-electron chi connectivity index (χ2n) is 3.24. The van der Waals surface area contributed by atoms with Crippen LogP contribution in [0.25, 0.3) is 0 Å². The highest BCUT2D eigenvalue weighted by molar-refractivity contribution is 6.32. The first-order valence-corrected chi connectivity index (χ1v) is 4.80. The van der Waals surface area contributed by atoms with E-state index < -0.39 is 10.9 Å². The molecule has 0 aromatic carbocycles. The normalized spacial score (nSPS) is 10.2. The van der Waals surface area contributed by atoms with Crippen LogP contribution in [0.2, 0.25) is 5.15 Å². The Morgan fingerprint density at radius 2 is 2.25 bits per heavy atom. The van der Waals surface area contributed by atoms with Gasteiger partial charge in [0.05, 0.1) is 11.0 Å². The average molecular weight is 245 g/mol. The van der Waals surface area contributed by atoms with Crippen LogP contribution >= 0.6 is 11.6 Å². The van der Waals surface area contributed by atoms with E-state index in [1.54, 1.807) is 13.8 Å². The summed E-state index contributed by atoms with van der Waals surface area (Å²) in [6.45, 7) is 3.33. The Bertz CT molecular complexity index is 434. The fourth-order valence-corrected chi connectivity index (χ4v) is 1.14. The van der Waals surface area contributed by atoms with Gasteiger partial charge < -0.3 is 4.74 Å². The van der Waals surface area contributed by atoms with Crippen LogP contribution in [0.5, 0.6) is 0 Å². The van der Waals surface area contributed by atoms with Crippen LogP contribution in [0.1, 0.15) is 24.2 Å². The van der Waals surface area contributed by atoms with E-state index in [0.29, 0.717) is 0 Å². The molecule has 0 bridgehead atoms. The Morgan fingerprint density at radius 1 is 1.62 bits per heavy atom. The molecule has 0 radical (unpaired) electrons. The van der Waals surface area contributed by atoms with Crippen LogP contribution in [0, 0.1) is 10.1 Å². The second-order valence-corrected chi connectivity index (χ2v) is 3.60. The van der Waals surface area contributed by atoms with Crippen LogP contribution in [0.4, 0.5) is 5.69 Å². The van der Waals surface area contributed by atoms with Crippen LogP contribution < -0.4 is 0 Å². The van der Waals surface area contributed by atoms with Gasteiger partial charge in [-0.05, 0) is 13.8 Å². The first kappa shape index (κ1) is 12.4. The summed E-state index contributed by atoms with van der Waals surface area (Å²) in [5.41, 5.74) is -0.412. The molecule has 0 saturated carbocycles. The third-order valence-electron chi connectivity index (χ3n) is 1.60. The van der Waals surface area contributed by atoms with E-state index in [0.717, 1.165) is 12.3 Å². The van der Waals surface area contributed by atoms with Crippen molar-refractivity contribution in [3.05, 3.63) is 33.1 Å². The van der Waals surface area contributed by atoms with Crippen LogP contribution in [-0.2, 0) is 4.74 Å². The van der Waals surface area contributed by atoms with Gasteiger partial charge in [-0.1, -0.05) is 11.6 Å². The van der Waals surface area contributed by atoms with Crippen molar-refractivity contribution in [2.45, 2.75) is 20.0 Å². The molecule has 0 aliphatic heterocycles. The van der Waals surface area contributed by atoms with Gasteiger partial charge in [-0.2, -0.15) is 0 Å². The fourth-order valence-electron chi connectivity index (χ4n) is 0.958. The highest BCUT2D eigenvalue weighted by Crippen LogP contribution is 2.20. The van der Waals surface area contributed by atoms with E-state index in [1.807, 2.05) is 0 Å². The van der Waals surface area contributed by atoms with E-state index >= 15 is 0 Å². The summed E-state index contributed by atoms with van der Waals surface area (Å²) < 4.78 is 4.87. The number of nitrogens with zero attached hydrogens (tertiary/aromatic N) is 2. The summed E-state index contributed by atoms with van der Waals surface area (Å²) in [6.07, 6.45) is 0.650. The van der Waals surface area contributed by atoms with Crippen molar-refractivity contribution in [3.63, 3.8) is 0 Å². The standard InChI is InChI=1S/C9H9ClN2O4/c1-5(2)16-9(13)7-3-6(12(14)15)4-11-8(7)10/h3-5H,1-2H3. The molecule has 1 heterocycles. The lowest BCUT2D eigenvalue weighted by molar-refractivity contribution is -0.385. The summed E-state index contributed by atoms with van der Waals surface area (Å²) in [6, 6.07) is 1.04. The van der Waals surface area contributed by atoms with Crippen molar-refractivity contribution in [1.29, 1.82) is 0 Å². The lowest BCUT2D eigenvalue weighted by Crippen LogP contribution is -2.12. The van der Waals surface area contributed by atoms with Crippen molar-refractivity contribution in [2.24, 2.45) is 0 Å². The highest BCUT2D eigenvalue weighted by atomic mass is 35.5. The smallest absolute Gasteiger partial charge is 0.341 e. The van der Waals surface area contributed by atoms with E-state index in [1.165, 1.54) is 0 Å². The number of nitro groups is 1. The minimum absolute atomic E-state index is 0.107. The van der Waals surface area contributed by atoms with Crippen LogP contribution in [-0.4, -0.2) is 22.0 Å². The number of hydrogen-bond acceptors (Lipinski definition) is 5. The molecule has 0 unspecified atom stereocenters. The molecule has 1 aromatic heterocycles. The Balaban J connectivity index is 3.07. The van der Waals surface area contributed by atoms with Gasteiger partial charge in [-0.3, -0.25) is 10.1 Å². The number of carbonyl (C=O) groups is 1. The number of hydrogen-bond donors (Lipinski definition) is 0. The molecule has 0 amide bonds. The minimum atomic E-state index is -0.726.